The van der Waals surface area contributed by atoms with Crippen LogP contribution in [-0.4, -0.2) is 199 Å². The summed E-state index contributed by atoms with van der Waals surface area (Å²) in [4.78, 5) is 16.7. The molecular formula is C47H88N2O18. The average molecular weight is 969 g/mol. The summed E-state index contributed by atoms with van der Waals surface area (Å²) < 4.78 is 32.5. The first kappa shape index (κ1) is 59.6. The van der Waals surface area contributed by atoms with E-state index in [0.29, 0.717) is 18.9 Å². The minimum absolute atomic E-state index is 0.164. The fourth-order valence-corrected chi connectivity index (χ4v) is 8.67. The number of unbranched alkanes of at least 4 members (excludes halogenated alkanes) is 17. The summed E-state index contributed by atoms with van der Waals surface area (Å²) in [5.74, 6) is -1.90. The lowest BCUT2D eigenvalue weighted by atomic mass is 9.98. The number of esters is 1. The third-order valence-corrected chi connectivity index (χ3v) is 13.0. The Kier molecular flexibility index (Phi) is 29.4. The largest absolute Gasteiger partial charge is 0.463 e. The Bertz CT molecular complexity index is 1340. The van der Waals surface area contributed by atoms with Crippen LogP contribution in [0.5, 0.6) is 0 Å². The number of aliphatic hydroxyl groups excluding tert-OH is 11. The van der Waals surface area contributed by atoms with Crippen molar-refractivity contribution in [2.24, 2.45) is 4.99 Å². The molecule has 0 aromatic heterocycles. The summed E-state index contributed by atoms with van der Waals surface area (Å²) in [6.45, 7) is 2.64. The molecule has 0 aromatic rings. The molecule has 394 valence electrons. The second-order valence-corrected chi connectivity index (χ2v) is 18.6. The normalized spacial score (nSPS) is 34.1. The number of nitrogens with zero attached hydrogens (tertiary/aromatic N) is 1. The lowest BCUT2D eigenvalue weighted by molar-refractivity contribution is -0.388. The van der Waals surface area contributed by atoms with Gasteiger partial charge in [0.2, 0.25) is 5.79 Å². The number of aliphatic imine (C=N–C) groups is 1. The predicted molar refractivity (Wildman–Crippen MR) is 244 cm³/mol. The molecule has 20 heteroatoms. The molecule has 3 saturated heterocycles. The first-order valence-corrected chi connectivity index (χ1v) is 25.3. The second kappa shape index (κ2) is 33.0. The van der Waals surface area contributed by atoms with E-state index >= 15 is 0 Å². The highest BCUT2D eigenvalue weighted by Crippen LogP contribution is 2.36. The maximum atomic E-state index is 12.3. The van der Waals surface area contributed by atoms with Crippen LogP contribution in [0, 0.1) is 0 Å². The Morgan fingerprint density at radius 1 is 0.627 bits per heavy atom. The van der Waals surface area contributed by atoms with Crippen LogP contribution in [0.3, 0.4) is 0 Å². The number of carbonyl (C=O) groups excluding carboxylic acids is 1. The van der Waals surface area contributed by atoms with Crippen molar-refractivity contribution in [3.63, 3.8) is 0 Å². The van der Waals surface area contributed by atoms with Crippen LogP contribution >= 0.6 is 0 Å². The topological polar surface area (TPSA) is 319 Å². The molecule has 3 unspecified atom stereocenters. The van der Waals surface area contributed by atoms with Gasteiger partial charge < -0.3 is 89.9 Å². The van der Waals surface area contributed by atoms with Crippen LogP contribution in [0.1, 0.15) is 155 Å². The molecule has 4 rings (SSSR count). The number of carbonyl (C=O) groups is 1. The maximum absolute atomic E-state index is 12.3. The van der Waals surface area contributed by atoms with Crippen molar-refractivity contribution in [1.29, 1.82) is 0 Å². The number of ether oxygens (including phenoxy) is 6. The molecule has 0 saturated carbocycles. The summed E-state index contributed by atoms with van der Waals surface area (Å²) in [5, 5.41) is 115. The van der Waals surface area contributed by atoms with Gasteiger partial charge in [0.05, 0.1) is 32.2 Å². The average Bonchev–Trinajstić information content (AvgIpc) is 3.88. The van der Waals surface area contributed by atoms with Crippen LogP contribution in [-0.2, 0) is 33.2 Å². The summed E-state index contributed by atoms with van der Waals surface area (Å²) in [6, 6.07) is 0.533. The van der Waals surface area contributed by atoms with Gasteiger partial charge in [0.1, 0.15) is 80.4 Å². The highest BCUT2D eigenvalue weighted by molar-refractivity contribution is 5.84. The number of rotatable bonds is 32. The molecule has 0 radical (unpaired) electrons. The van der Waals surface area contributed by atoms with E-state index < -0.39 is 118 Å². The van der Waals surface area contributed by atoms with Crippen LogP contribution in [0.2, 0.25) is 0 Å². The number of aliphatic hydroxyl groups is 11. The maximum Gasteiger partial charge on any atom is 0.305 e. The van der Waals surface area contributed by atoms with E-state index in [2.05, 4.69) is 24.2 Å². The van der Waals surface area contributed by atoms with E-state index in [-0.39, 0.29) is 13.0 Å². The smallest absolute Gasteiger partial charge is 0.305 e. The molecule has 4 aliphatic rings. The van der Waals surface area contributed by atoms with Crippen LogP contribution < -0.4 is 5.32 Å². The quantitative estimate of drug-likeness (QED) is 0.0330. The van der Waals surface area contributed by atoms with Crippen molar-refractivity contribution in [2.75, 3.05) is 39.6 Å². The summed E-state index contributed by atoms with van der Waals surface area (Å²) in [6.07, 6.45) is 3.62. The number of amidine groups is 1. The molecule has 3 fully saturated rings. The van der Waals surface area contributed by atoms with Gasteiger partial charge in [-0.2, -0.15) is 0 Å². The fourth-order valence-electron chi connectivity index (χ4n) is 8.67. The lowest BCUT2D eigenvalue weighted by Gasteiger charge is -2.44. The molecule has 0 bridgehead atoms. The SMILES string of the molecule is CCCCCCCCCCCC(=O)OC[C@H]1OC(OC[C@H]2OC(O[C@]3(CO)O[C@H](CO)[C@@H](O)[C@@H]3O)[C@H](O)[C@@H](O)[C@@H]2O)[C@H](O)[C@@H](O)[C@H]1O.CCCCCCCCCCCCC1CN=C(CCO)N1. The van der Waals surface area contributed by atoms with Gasteiger partial charge in [0.25, 0.3) is 0 Å². The van der Waals surface area contributed by atoms with E-state index in [1.807, 2.05) is 0 Å². The van der Waals surface area contributed by atoms with Gasteiger partial charge in [-0.1, -0.05) is 129 Å². The Hall–Kier alpha value is -1.70. The van der Waals surface area contributed by atoms with Gasteiger partial charge >= 0.3 is 5.97 Å². The van der Waals surface area contributed by atoms with E-state index in [4.69, 9.17) is 33.5 Å². The van der Waals surface area contributed by atoms with Gasteiger partial charge in [0, 0.05) is 18.9 Å². The zero-order valence-corrected chi connectivity index (χ0v) is 40.1. The zero-order valence-electron chi connectivity index (χ0n) is 40.1. The van der Waals surface area contributed by atoms with Crippen molar-refractivity contribution < 1.29 is 89.4 Å². The first-order chi connectivity index (χ1) is 32.3. The second-order valence-electron chi connectivity index (χ2n) is 18.6. The summed E-state index contributed by atoms with van der Waals surface area (Å²) in [5.41, 5.74) is 0. The highest BCUT2D eigenvalue weighted by atomic mass is 16.8. The molecule has 0 aromatic carbocycles. The molecular weight excluding hydrogens is 881 g/mol. The van der Waals surface area contributed by atoms with E-state index in [0.717, 1.165) is 31.6 Å². The molecule has 4 aliphatic heterocycles. The molecule has 12 N–H and O–H groups in total. The molecule has 0 spiro atoms. The minimum Gasteiger partial charge on any atom is -0.463 e. The number of nitrogens with one attached hydrogen (secondary N) is 1. The monoisotopic (exact) mass is 969 g/mol. The fraction of sp³-hybridized carbons (Fsp3) is 0.957. The molecule has 20 nitrogen and oxygen atoms in total. The van der Waals surface area contributed by atoms with Gasteiger partial charge in [-0.15, -0.1) is 0 Å². The van der Waals surface area contributed by atoms with Gasteiger partial charge in [-0.05, 0) is 12.8 Å². The van der Waals surface area contributed by atoms with Crippen molar-refractivity contribution in [3.8, 4) is 0 Å². The molecule has 67 heavy (non-hydrogen) atoms. The summed E-state index contributed by atoms with van der Waals surface area (Å²) >= 11 is 0. The Morgan fingerprint density at radius 2 is 1.13 bits per heavy atom. The van der Waals surface area contributed by atoms with Crippen LogP contribution in [0.15, 0.2) is 4.99 Å². The Balaban J connectivity index is 0.000000496. The van der Waals surface area contributed by atoms with Crippen LogP contribution in [0.4, 0.5) is 0 Å². The number of hydrogen-bond donors (Lipinski definition) is 12. The Morgan fingerprint density at radius 3 is 1.66 bits per heavy atom. The standard InChI is InChI=1S/C30H54O17.C17H34N2O/c1-2-3-4-5-6-7-8-9-10-11-19(33)42-13-17-20(34)23(37)25(39)28(44-17)43-14-18-21(35)24(38)26(40)29(45-18)47-30(15-32)27(41)22(36)16(12-31)46-30;1-2-3-4-5-6-7-8-9-10-11-12-16-15-18-17(19-16)13-14-20/h16-18,20-29,31-32,34-41H,2-15H2,1H3;16,20H,2-15H2,1H3,(H,18,19)/t16-,17-,18-,20+,21-,22-,23+,24+,25-,26-,27+,28?,29?,30+;/m1./s1. The first-order valence-electron chi connectivity index (χ1n) is 25.3. The molecule has 0 amide bonds. The Labute approximate surface area is 397 Å². The molecule has 4 heterocycles. The van der Waals surface area contributed by atoms with Gasteiger partial charge in [-0.25, -0.2) is 0 Å². The van der Waals surface area contributed by atoms with Crippen LogP contribution in [0.25, 0.3) is 0 Å². The van der Waals surface area contributed by atoms with Crippen molar-refractivity contribution in [3.05, 3.63) is 0 Å². The van der Waals surface area contributed by atoms with E-state index in [1.54, 1.807) is 0 Å². The summed E-state index contributed by atoms with van der Waals surface area (Å²) in [7, 11) is 0. The lowest BCUT2D eigenvalue weighted by Crippen LogP contribution is -2.63. The predicted octanol–water partition coefficient (Wildman–Crippen LogP) is 0.951. The van der Waals surface area contributed by atoms with Gasteiger partial charge in [-0.3, -0.25) is 9.79 Å². The molecule has 0 aliphatic carbocycles. The zero-order chi connectivity index (χ0) is 49.2. The molecule has 15 atom stereocenters. The minimum atomic E-state index is -2.38. The third kappa shape index (κ3) is 19.8. The van der Waals surface area contributed by atoms with E-state index in [9.17, 15) is 55.9 Å². The highest BCUT2D eigenvalue weighted by Gasteiger charge is 2.58. The third-order valence-electron chi connectivity index (χ3n) is 13.0. The van der Waals surface area contributed by atoms with E-state index in [1.165, 1.54) is 103 Å². The van der Waals surface area contributed by atoms with Gasteiger partial charge in [0.15, 0.2) is 12.6 Å². The van der Waals surface area contributed by atoms with Crippen molar-refractivity contribution >= 4 is 11.8 Å². The van der Waals surface area contributed by atoms with Crippen molar-refractivity contribution in [1.82, 2.24) is 5.32 Å². The van der Waals surface area contributed by atoms with Crippen molar-refractivity contribution in [2.45, 2.75) is 247 Å². The number of hydrogen-bond acceptors (Lipinski definition) is 20.